The lowest BCUT2D eigenvalue weighted by atomic mass is 10.1. The quantitative estimate of drug-likeness (QED) is 0.386. The maximum atomic E-state index is 6.13. The Morgan fingerprint density at radius 1 is 0.727 bits per heavy atom. The summed E-state index contributed by atoms with van der Waals surface area (Å²) >= 11 is 6.13. The van der Waals surface area contributed by atoms with Crippen LogP contribution in [-0.2, 0) is 0 Å². The first-order valence-electron chi connectivity index (χ1n) is 7.19. The van der Waals surface area contributed by atoms with Crippen LogP contribution in [-0.4, -0.2) is 4.98 Å². The van der Waals surface area contributed by atoms with Crippen LogP contribution in [0.15, 0.2) is 79.0 Å². The molecule has 0 N–H and O–H groups in total. The molecule has 1 nitrogen and oxygen atoms in total. The van der Waals surface area contributed by atoms with Crippen LogP contribution in [0.5, 0.6) is 0 Å². The van der Waals surface area contributed by atoms with Gasteiger partial charge in [-0.05, 0) is 30.0 Å². The molecular formula is C20H16ClN. The molecule has 4 rings (SSSR count). The van der Waals surface area contributed by atoms with Crippen LogP contribution in [0, 0.1) is 6.92 Å². The summed E-state index contributed by atoms with van der Waals surface area (Å²) in [5.74, 6) is 0. The van der Waals surface area contributed by atoms with Crippen molar-refractivity contribution in [2.45, 2.75) is 6.92 Å². The molecule has 0 spiro atoms. The Labute approximate surface area is 135 Å². The molecule has 3 aromatic carbocycles. The Balaban J connectivity index is 0.000000133. The summed E-state index contributed by atoms with van der Waals surface area (Å²) in [5, 5.41) is 4.41. The molecule has 0 amide bonds. The number of fused-ring (bicyclic) bond motifs is 2. The summed E-state index contributed by atoms with van der Waals surface area (Å²) in [6.07, 6.45) is 1.81. The summed E-state index contributed by atoms with van der Waals surface area (Å²) in [6, 6.07) is 24.4. The first-order chi connectivity index (χ1) is 10.8. The van der Waals surface area contributed by atoms with Gasteiger partial charge in [-0.1, -0.05) is 72.3 Å². The first kappa shape index (κ1) is 14.6. The van der Waals surface area contributed by atoms with Gasteiger partial charge < -0.3 is 0 Å². The molecule has 0 unspecified atom stereocenters. The molecule has 4 aromatic rings. The van der Waals surface area contributed by atoms with E-state index in [4.69, 9.17) is 11.6 Å². The van der Waals surface area contributed by atoms with Gasteiger partial charge in [0.25, 0.3) is 0 Å². The van der Waals surface area contributed by atoms with E-state index >= 15 is 0 Å². The average molecular weight is 306 g/mol. The third-order valence-electron chi connectivity index (χ3n) is 3.57. The monoisotopic (exact) mass is 305 g/mol. The highest BCUT2D eigenvalue weighted by atomic mass is 35.5. The average Bonchev–Trinajstić information content (AvgIpc) is 2.59. The van der Waals surface area contributed by atoms with E-state index in [9.17, 15) is 0 Å². The molecule has 0 aliphatic carbocycles. The van der Waals surface area contributed by atoms with Crippen LogP contribution in [0.1, 0.15) is 5.56 Å². The van der Waals surface area contributed by atoms with Crippen molar-refractivity contribution in [3.63, 3.8) is 0 Å². The second kappa shape index (κ2) is 6.59. The largest absolute Gasteiger partial charge is 0.256 e. The molecule has 0 fully saturated rings. The smallest absolute Gasteiger partial charge is 0.0701 e. The molecule has 0 saturated carbocycles. The fourth-order valence-electron chi connectivity index (χ4n) is 2.36. The highest BCUT2D eigenvalue weighted by Gasteiger charge is 1.99. The van der Waals surface area contributed by atoms with Crippen molar-refractivity contribution in [2.75, 3.05) is 0 Å². The number of hydrogen-bond donors (Lipinski definition) is 0. The van der Waals surface area contributed by atoms with Crippen LogP contribution < -0.4 is 0 Å². The Morgan fingerprint density at radius 2 is 1.41 bits per heavy atom. The van der Waals surface area contributed by atoms with E-state index in [0.29, 0.717) is 0 Å². The third kappa shape index (κ3) is 3.10. The van der Waals surface area contributed by atoms with Crippen LogP contribution in [0.4, 0.5) is 0 Å². The third-order valence-corrected chi connectivity index (χ3v) is 4.07. The van der Waals surface area contributed by atoms with E-state index in [1.807, 2.05) is 61.7 Å². The number of para-hydroxylation sites is 1. The predicted octanol–water partition coefficient (Wildman–Crippen LogP) is 6.04. The lowest BCUT2D eigenvalue weighted by Crippen LogP contribution is -1.77. The van der Waals surface area contributed by atoms with Crippen LogP contribution in [0.25, 0.3) is 21.7 Å². The summed E-state index contributed by atoms with van der Waals surface area (Å²) in [5.41, 5.74) is 2.19. The van der Waals surface area contributed by atoms with Gasteiger partial charge in [-0.15, -0.1) is 0 Å². The second-order valence-corrected chi connectivity index (χ2v) is 5.49. The Bertz CT molecular complexity index is 850. The molecule has 0 saturated heterocycles. The van der Waals surface area contributed by atoms with Gasteiger partial charge in [0.1, 0.15) is 0 Å². The minimum Gasteiger partial charge on any atom is -0.256 e. The van der Waals surface area contributed by atoms with Crippen molar-refractivity contribution < 1.29 is 0 Å². The normalized spacial score (nSPS) is 10.3. The van der Waals surface area contributed by atoms with E-state index in [0.717, 1.165) is 21.5 Å². The molecule has 1 heterocycles. The van der Waals surface area contributed by atoms with E-state index in [2.05, 4.69) is 29.2 Å². The van der Waals surface area contributed by atoms with Gasteiger partial charge in [0.05, 0.1) is 10.5 Å². The highest BCUT2D eigenvalue weighted by molar-refractivity contribution is 6.36. The topological polar surface area (TPSA) is 12.9 Å². The number of rotatable bonds is 0. The second-order valence-electron chi connectivity index (χ2n) is 5.11. The number of halogens is 1. The molecule has 0 radical (unpaired) electrons. The highest BCUT2D eigenvalue weighted by Crippen LogP contribution is 2.26. The van der Waals surface area contributed by atoms with Gasteiger partial charge in [0.15, 0.2) is 0 Å². The standard InChI is InChI=1S/C11H9Cl.C9H7N/c1-8-6-7-9-4-2-3-5-10(9)11(8)12;1-2-6-9-8(4-1)5-3-7-10-9/h2-7H,1H3;1-7H. The van der Waals surface area contributed by atoms with Crippen molar-refractivity contribution in [1.29, 1.82) is 0 Å². The van der Waals surface area contributed by atoms with Crippen LogP contribution in [0.2, 0.25) is 5.02 Å². The van der Waals surface area contributed by atoms with E-state index in [1.165, 1.54) is 10.8 Å². The van der Waals surface area contributed by atoms with Gasteiger partial charge in [-0.3, -0.25) is 4.98 Å². The van der Waals surface area contributed by atoms with Gasteiger partial charge in [0, 0.05) is 17.0 Å². The van der Waals surface area contributed by atoms with Crippen LogP contribution in [0.3, 0.4) is 0 Å². The van der Waals surface area contributed by atoms with E-state index < -0.39 is 0 Å². The van der Waals surface area contributed by atoms with Crippen molar-refractivity contribution in [1.82, 2.24) is 4.98 Å². The maximum absolute atomic E-state index is 6.13. The number of benzene rings is 3. The van der Waals surface area contributed by atoms with E-state index in [1.54, 1.807) is 0 Å². The number of hydrogen-bond acceptors (Lipinski definition) is 1. The molecule has 0 bridgehead atoms. The lowest BCUT2D eigenvalue weighted by molar-refractivity contribution is 1.41. The van der Waals surface area contributed by atoms with Crippen molar-refractivity contribution in [3.05, 3.63) is 89.6 Å². The summed E-state index contributed by atoms with van der Waals surface area (Å²) < 4.78 is 0. The zero-order valence-electron chi connectivity index (χ0n) is 12.3. The minimum atomic E-state index is 0.869. The van der Waals surface area contributed by atoms with Crippen molar-refractivity contribution in [2.24, 2.45) is 0 Å². The zero-order valence-corrected chi connectivity index (χ0v) is 13.1. The summed E-state index contributed by atoms with van der Waals surface area (Å²) in [4.78, 5) is 4.18. The molecule has 0 aliphatic heterocycles. The molecule has 0 atom stereocenters. The fraction of sp³-hybridized carbons (Fsp3) is 0.0500. The summed E-state index contributed by atoms with van der Waals surface area (Å²) in [6.45, 7) is 2.02. The summed E-state index contributed by atoms with van der Waals surface area (Å²) in [7, 11) is 0. The van der Waals surface area contributed by atoms with Crippen molar-refractivity contribution in [3.8, 4) is 0 Å². The Hall–Kier alpha value is -2.38. The van der Waals surface area contributed by atoms with Crippen molar-refractivity contribution >= 4 is 33.3 Å². The molecule has 0 aliphatic rings. The maximum Gasteiger partial charge on any atom is 0.0701 e. The SMILES string of the molecule is Cc1ccc2ccccc2c1Cl.c1ccc2ncccc2c1. The minimum absolute atomic E-state index is 0.869. The van der Waals surface area contributed by atoms with Gasteiger partial charge in [-0.25, -0.2) is 0 Å². The zero-order chi connectivity index (χ0) is 15.4. The van der Waals surface area contributed by atoms with Gasteiger partial charge in [0.2, 0.25) is 0 Å². The number of pyridine rings is 1. The number of nitrogens with zero attached hydrogens (tertiary/aromatic N) is 1. The number of aryl methyl sites for hydroxylation is 1. The molecule has 22 heavy (non-hydrogen) atoms. The molecule has 1 aromatic heterocycles. The predicted molar refractivity (Wildman–Crippen MR) is 95.4 cm³/mol. The Morgan fingerprint density at radius 3 is 2.23 bits per heavy atom. The fourth-order valence-corrected chi connectivity index (χ4v) is 2.59. The van der Waals surface area contributed by atoms with Gasteiger partial charge in [-0.2, -0.15) is 0 Å². The van der Waals surface area contributed by atoms with E-state index in [-0.39, 0.29) is 0 Å². The molecule has 108 valence electrons. The lowest BCUT2D eigenvalue weighted by Gasteiger charge is -2.02. The first-order valence-corrected chi connectivity index (χ1v) is 7.57. The Kier molecular flexibility index (Phi) is 4.36. The molecule has 2 heteroatoms. The van der Waals surface area contributed by atoms with Crippen LogP contribution >= 0.6 is 11.6 Å². The van der Waals surface area contributed by atoms with Gasteiger partial charge >= 0.3 is 0 Å². The number of aromatic nitrogens is 1. The molecular weight excluding hydrogens is 290 g/mol.